The summed E-state index contributed by atoms with van der Waals surface area (Å²) < 4.78 is 0. The van der Waals surface area contributed by atoms with Crippen molar-refractivity contribution >= 4 is 11.6 Å². The van der Waals surface area contributed by atoms with Crippen LogP contribution in [0.4, 0.5) is 0 Å². The molecule has 14 heavy (non-hydrogen) atoms. The number of aryl methyl sites for hydroxylation is 1. The van der Waals surface area contributed by atoms with Gasteiger partial charge in [0.1, 0.15) is 5.75 Å². The smallest absolute Gasteiger partial charge is 0.137 e. The molecule has 0 radical (unpaired) electrons. The monoisotopic (exact) mass is 214 g/mol. The summed E-state index contributed by atoms with van der Waals surface area (Å²) in [6.07, 6.45) is -0.0449. The molecule has 0 saturated carbocycles. The van der Waals surface area contributed by atoms with Crippen LogP contribution in [-0.2, 0) is 6.42 Å². The molecule has 0 aromatic heterocycles. The van der Waals surface area contributed by atoms with Crippen molar-refractivity contribution in [3.8, 4) is 5.75 Å². The van der Waals surface area contributed by atoms with Crippen LogP contribution < -0.4 is 0 Å². The molecular formula is C11H15ClO2. The molecule has 1 rings (SSSR count). The van der Waals surface area contributed by atoms with Gasteiger partial charge in [-0.25, -0.2) is 0 Å². The Labute approximate surface area is 89.1 Å². The maximum Gasteiger partial charge on any atom is 0.137 e. The molecule has 0 amide bonds. The molecule has 78 valence electrons. The first kappa shape index (κ1) is 11.3. The van der Waals surface area contributed by atoms with Crippen molar-refractivity contribution in [1.82, 2.24) is 0 Å². The van der Waals surface area contributed by atoms with Crippen molar-refractivity contribution in [2.75, 3.05) is 0 Å². The van der Waals surface area contributed by atoms with Crippen LogP contribution in [0.1, 0.15) is 23.6 Å². The summed E-state index contributed by atoms with van der Waals surface area (Å²) in [4.78, 5) is 0. The molecule has 0 aliphatic carbocycles. The summed E-state index contributed by atoms with van der Waals surface area (Å²) >= 11 is 5.84. The minimum absolute atomic E-state index is 0.0932. The molecule has 0 aliphatic rings. The van der Waals surface area contributed by atoms with Crippen LogP contribution >= 0.6 is 11.6 Å². The van der Waals surface area contributed by atoms with Crippen LogP contribution in [0.2, 0.25) is 5.02 Å². The molecule has 1 unspecified atom stereocenters. The van der Waals surface area contributed by atoms with Gasteiger partial charge >= 0.3 is 0 Å². The topological polar surface area (TPSA) is 40.5 Å². The fourth-order valence-corrected chi connectivity index (χ4v) is 1.75. The number of aliphatic hydroxyl groups is 1. The molecule has 0 saturated heterocycles. The average Bonchev–Trinajstić information content (AvgIpc) is 2.09. The van der Waals surface area contributed by atoms with E-state index in [1.807, 2.05) is 13.8 Å². The van der Waals surface area contributed by atoms with Crippen LogP contribution in [-0.4, -0.2) is 16.3 Å². The van der Waals surface area contributed by atoms with E-state index in [4.69, 9.17) is 11.6 Å². The third-order valence-corrected chi connectivity index (χ3v) is 2.69. The van der Waals surface area contributed by atoms with E-state index in [-0.39, 0.29) is 5.75 Å². The van der Waals surface area contributed by atoms with Crippen LogP contribution in [0, 0.1) is 13.8 Å². The average molecular weight is 215 g/mol. The van der Waals surface area contributed by atoms with E-state index in [2.05, 4.69) is 0 Å². The standard InChI is InChI=1S/C11H15ClO2/c1-6-4-10(12)11(14)9(8(6)3)5-7(2)13/h4,7,13-14H,5H2,1-3H3. The molecule has 1 atom stereocenters. The van der Waals surface area contributed by atoms with Crippen LogP contribution in [0.15, 0.2) is 6.07 Å². The minimum Gasteiger partial charge on any atom is -0.506 e. The zero-order valence-electron chi connectivity index (χ0n) is 8.63. The van der Waals surface area contributed by atoms with Gasteiger partial charge < -0.3 is 10.2 Å². The van der Waals surface area contributed by atoms with Gasteiger partial charge in [0.05, 0.1) is 11.1 Å². The van der Waals surface area contributed by atoms with E-state index in [1.54, 1.807) is 13.0 Å². The Hall–Kier alpha value is -0.730. The molecule has 0 fully saturated rings. The number of aliphatic hydroxyl groups excluding tert-OH is 1. The molecule has 0 bridgehead atoms. The highest BCUT2D eigenvalue weighted by atomic mass is 35.5. The lowest BCUT2D eigenvalue weighted by atomic mass is 9.98. The molecular weight excluding hydrogens is 200 g/mol. The number of phenolic OH excluding ortho intramolecular Hbond substituents is 1. The zero-order valence-corrected chi connectivity index (χ0v) is 9.39. The maximum absolute atomic E-state index is 9.71. The van der Waals surface area contributed by atoms with Gasteiger partial charge in [0, 0.05) is 12.0 Å². The van der Waals surface area contributed by atoms with Gasteiger partial charge in [-0.1, -0.05) is 11.6 Å². The largest absolute Gasteiger partial charge is 0.506 e. The predicted molar refractivity (Wildman–Crippen MR) is 58.0 cm³/mol. The second kappa shape index (κ2) is 4.20. The van der Waals surface area contributed by atoms with Gasteiger partial charge in [0.15, 0.2) is 0 Å². The van der Waals surface area contributed by atoms with Crippen molar-refractivity contribution < 1.29 is 10.2 Å². The van der Waals surface area contributed by atoms with Crippen molar-refractivity contribution in [2.24, 2.45) is 0 Å². The van der Waals surface area contributed by atoms with Crippen LogP contribution in [0.5, 0.6) is 5.75 Å². The van der Waals surface area contributed by atoms with Gasteiger partial charge in [0.2, 0.25) is 0 Å². The van der Waals surface area contributed by atoms with Crippen molar-refractivity contribution in [3.63, 3.8) is 0 Å². The normalized spacial score (nSPS) is 12.9. The number of benzene rings is 1. The van der Waals surface area contributed by atoms with E-state index in [9.17, 15) is 10.2 Å². The second-order valence-electron chi connectivity index (χ2n) is 3.68. The van der Waals surface area contributed by atoms with Crippen molar-refractivity contribution in [1.29, 1.82) is 0 Å². The number of hydrogen-bond acceptors (Lipinski definition) is 2. The second-order valence-corrected chi connectivity index (χ2v) is 4.09. The Balaban J connectivity index is 3.25. The summed E-state index contributed by atoms with van der Waals surface area (Å²) in [7, 11) is 0. The fourth-order valence-electron chi connectivity index (χ4n) is 1.47. The highest BCUT2D eigenvalue weighted by Crippen LogP contribution is 2.32. The minimum atomic E-state index is -0.475. The SMILES string of the molecule is Cc1cc(Cl)c(O)c(CC(C)O)c1C. The Morgan fingerprint density at radius 2 is 2.00 bits per heavy atom. The Kier molecular flexibility index (Phi) is 3.40. The first-order chi connectivity index (χ1) is 6.43. The van der Waals surface area contributed by atoms with E-state index in [0.717, 1.165) is 16.7 Å². The fraction of sp³-hybridized carbons (Fsp3) is 0.455. The molecule has 2 N–H and O–H groups in total. The molecule has 1 aromatic carbocycles. The van der Waals surface area contributed by atoms with Gasteiger partial charge in [-0.15, -0.1) is 0 Å². The number of aromatic hydroxyl groups is 1. The van der Waals surface area contributed by atoms with Gasteiger partial charge in [-0.2, -0.15) is 0 Å². The third-order valence-electron chi connectivity index (χ3n) is 2.40. The summed E-state index contributed by atoms with van der Waals surface area (Å²) in [5.74, 6) is 0.0932. The van der Waals surface area contributed by atoms with Crippen molar-refractivity contribution in [3.05, 3.63) is 27.8 Å². The molecule has 0 spiro atoms. The Morgan fingerprint density at radius 3 is 2.50 bits per heavy atom. The Morgan fingerprint density at radius 1 is 1.43 bits per heavy atom. The summed E-state index contributed by atoms with van der Waals surface area (Å²) in [5, 5.41) is 19.3. The molecule has 0 heterocycles. The Bertz CT molecular complexity index is 319. The zero-order chi connectivity index (χ0) is 10.9. The molecule has 1 aromatic rings. The third kappa shape index (κ3) is 2.20. The van der Waals surface area contributed by atoms with E-state index in [0.29, 0.717) is 11.4 Å². The van der Waals surface area contributed by atoms with Gasteiger partial charge in [0.25, 0.3) is 0 Å². The van der Waals surface area contributed by atoms with E-state index < -0.39 is 6.10 Å². The first-order valence-corrected chi connectivity index (χ1v) is 4.97. The van der Waals surface area contributed by atoms with Crippen LogP contribution in [0.3, 0.4) is 0 Å². The molecule has 3 heteroatoms. The van der Waals surface area contributed by atoms with E-state index >= 15 is 0 Å². The molecule has 0 aliphatic heterocycles. The highest BCUT2D eigenvalue weighted by molar-refractivity contribution is 6.32. The van der Waals surface area contributed by atoms with Crippen molar-refractivity contribution in [2.45, 2.75) is 33.3 Å². The molecule has 2 nitrogen and oxygen atoms in total. The highest BCUT2D eigenvalue weighted by Gasteiger charge is 2.13. The van der Waals surface area contributed by atoms with Gasteiger partial charge in [-0.3, -0.25) is 0 Å². The number of halogens is 1. The van der Waals surface area contributed by atoms with E-state index in [1.165, 1.54) is 0 Å². The number of hydrogen-bond donors (Lipinski definition) is 2. The lowest BCUT2D eigenvalue weighted by Gasteiger charge is -2.13. The first-order valence-electron chi connectivity index (χ1n) is 4.59. The van der Waals surface area contributed by atoms with Gasteiger partial charge in [-0.05, 0) is 38.0 Å². The number of phenols is 1. The predicted octanol–water partition coefficient (Wildman–Crippen LogP) is 2.59. The summed E-state index contributed by atoms with van der Waals surface area (Å²) in [6, 6.07) is 1.73. The summed E-state index contributed by atoms with van der Waals surface area (Å²) in [6.45, 7) is 5.55. The van der Waals surface area contributed by atoms with Crippen LogP contribution in [0.25, 0.3) is 0 Å². The maximum atomic E-state index is 9.71. The lowest BCUT2D eigenvalue weighted by Crippen LogP contribution is -2.07. The quantitative estimate of drug-likeness (QED) is 0.795. The lowest BCUT2D eigenvalue weighted by molar-refractivity contribution is 0.194. The number of rotatable bonds is 2. The summed E-state index contributed by atoms with van der Waals surface area (Å²) in [5.41, 5.74) is 2.77.